The molecule has 10 heteroatoms. The van der Waals surface area contributed by atoms with E-state index in [4.69, 9.17) is 10.5 Å². The van der Waals surface area contributed by atoms with Crippen LogP contribution >= 0.6 is 11.3 Å². The summed E-state index contributed by atoms with van der Waals surface area (Å²) in [7, 11) is 1.83. The van der Waals surface area contributed by atoms with Crippen LogP contribution in [-0.2, 0) is 0 Å². The van der Waals surface area contributed by atoms with E-state index in [1.807, 2.05) is 67.4 Å². The second kappa shape index (κ2) is 9.38. The second-order valence-corrected chi connectivity index (χ2v) is 10.7. The van der Waals surface area contributed by atoms with E-state index >= 15 is 0 Å². The van der Waals surface area contributed by atoms with E-state index in [0.29, 0.717) is 51.9 Å². The molecule has 2 aromatic carbocycles. The van der Waals surface area contributed by atoms with Gasteiger partial charge in [0.2, 0.25) is 0 Å². The van der Waals surface area contributed by atoms with E-state index in [2.05, 4.69) is 4.98 Å². The molecule has 6 rings (SSSR count). The van der Waals surface area contributed by atoms with Crippen molar-refractivity contribution in [1.82, 2.24) is 9.88 Å². The number of aryl methyl sites for hydroxylation is 1. The number of halogens is 1. The number of alkyl halides is 1. The van der Waals surface area contributed by atoms with Crippen LogP contribution in [0.5, 0.6) is 11.5 Å². The number of primary amides is 1. The fraction of sp³-hybridized carbons (Fsp3) is 0.250. The second-order valence-electron chi connectivity index (χ2n) is 9.71. The Morgan fingerprint density at radius 2 is 1.89 bits per heavy atom. The van der Waals surface area contributed by atoms with Gasteiger partial charge in [0.1, 0.15) is 27.4 Å². The molecule has 2 atom stereocenters. The van der Waals surface area contributed by atoms with Crippen LogP contribution in [0, 0.1) is 6.92 Å². The van der Waals surface area contributed by atoms with Gasteiger partial charge in [-0.15, -0.1) is 11.3 Å². The number of amides is 3. The van der Waals surface area contributed by atoms with E-state index in [0.717, 1.165) is 16.9 Å². The SMILES string of the molecule is Cc1cc(Oc2ccccc2)ccc1N1C(=O)N([C@@H]2C[C@H](F)CN(C)C2)c2c(C(N)=O)sc3nccc1c23. The number of likely N-dealkylation sites (tertiary alicyclic amines) is 1. The fourth-order valence-corrected chi connectivity index (χ4v) is 6.43. The van der Waals surface area contributed by atoms with Gasteiger partial charge in [-0.25, -0.2) is 14.2 Å². The summed E-state index contributed by atoms with van der Waals surface area (Å²) in [5, 5.41) is 0.665. The molecule has 1 saturated heterocycles. The summed E-state index contributed by atoms with van der Waals surface area (Å²) in [5.74, 6) is 0.708. The number of para-hydroxylation sites is 1. The molecule has 4 aromatic rings. The lowest BCUT2D eigenvalue weighted by Crippen LogP contribution is -2.56. The highest BCUT2D eigenvalue weighted by Crippen LogP contribution is 2.50. The van der Waals surface area contributed by atoms with Gasteiger partial charge in [0, 0.05) is 25.7 Å². The Bertz CT molecular complexity index is 1550. The van der Waals surface area contributed by atoms with E-state index in [-0.39, 0.29) is 17.3 Å². The zero-order chi connectivity index (χ0) is 26.6. The number of hydrogen-bond acceptors (Lipinski definition) is 6. The lowest BCUT2D eigenvalue weighted by Gasteiger charge is -2.43. The van der Waals surface area contributed by atoms with Gasteiger partial charge < -0.3 is 15.4 Å². The summed E-state index contributed by atoms with van der Waals surface area (Å²) in [6, 6.07) is 15.9. The largest absolute Gasteiger partial charge is 0.457 e. The van der Waals surface area contributed by atoms with Gasteiger partial charge in [0.25, 0.3) is 5.91 Å². The maximum Gasteiger partial charge on any atom is 0.333 e. The highest BCUT2D eigenvalue weighted by molar-refractivity contribution is 7.21. The Kier molecular flexibility index (Phi) is 6.00. The third-order valence-corrected chi connectivity index (χ3v) is 8.06. The van der Waals surface area contributed by atoms with Crippen LogP contribution in [0.15, 0.2) is 60.8 Å². The van der Waals surface area contributed by atoms with E-state index in [9.17, 15) is 14.0 Å². The molecule has 38 heavy (non-hydrogen) atoms. The number of hydrogen-bond donors (Lipinski definition) is 1. The van der Waals surface area contributed by atoms with Crippen molar-refractivity contribution in [2.24, 2.45) is 5.73 Å². The summed E-state index contributed by atoms with van der Waals surface area (Å²) in [5.41, 5.74) is 8.27. The molecule has 2 aliphatic rings. The van der Waals surface area contributed by atoms with E-state index < -0.39 is 18.1 Å². The van der Waals surface area contributed by atoms with E-state index in [1.165, 1.54) is 0 Å². The molecule has 4 heterocycles. The molecule has 3 amide bonds. The molecular weight excluding hydrogens is 505 g/mol. The van der Waals surface area contributed by atoms with Crippen molar-refractivity contribution in [2.75, 3.05) is 29.9 Å². The summed E-state index contributed by atoms with van der Waals surface area (Å²) >= 11 is 1.15. The number of carbonyl (C=O) groups excluding carboxylic acids is 2. The molecule has 2 N–H and O–H groups in total. The van der Waals surface area contributed by atoms with Gasteiger partial charge in [-0.1, -0.05) is 18.2 Å². The normalized spacial score (nSPS) is 19.7. The zero-order valence-electron chi connectivity index (χ0n) is 20.9. The molecule has 0 saturated carbocycles. The Morgan fingerprint density at radius 1 is 1.11 bits per heavy atom. The molecule has 2 aromatic heterocycles. The number of urea groups is 1. The van der Waals surface area contributed by atoms with Crippen molar-refractivity contribution in [3.05, 3.63) is 71.2 Å². The Morgan fingerprint density at radius 3 is 2.61 bits per heavy atom. The number of benzene rings is 2. The number of nitrogens with two attached hydrogens (primary N) is 1. The van der Waals surface area contributed by atoms with Crippen molar-refractivity contribution >= 4 is 50.6 Å². The van der Waals surface area contributed by atoms with Gasteiger partial charge in [-0.2, -0.15) is 0 Å². The maximum atomic E-state index is 14.7. The average Bonchev–Trinajstić information content (AvgIpc) is 3.26. The number of aromatic nitrogens is 1. The number of carbonyl (C=O) groups is 2. The molecule has 0 unspecified atom stereocenters. The predicted octanol–water partition coefficient (Wildman–Crippen LogP) is 5.62. The lowest BCUT2D eigenvalue weighted by atomic mass is 9.99. The van der Waals surface area contributed by atoms with Crippen LogP contribution in [0.2, 0.25) is 0 Å². The summed E-state index contributed by atoms with van der Waals surface area (Å²) < 4.78 is 20.7. The number of piperidine rings is 1. The van der Waals surface area contributed by atoms with Crippen LogP contribution in [0.1, 0.15) is 21.7 Å². The fourth-order valence-electron chi connectivity index (χ4n) is 5.42. The molecule has 0 spiro atoms. The molecule has 2 aliphatic heterocycles. The quantitative estimate of drug-likeness (QED) is 0.361. The Labute approximate surface area is 223 Å². The van der Waals surface area contributed by atoms with Crippen molar-refractivity contribution in [1.29, 1.82) is 0 Å². The van der Waals surface area contributed by atoms with Crippen LogP contribution in [0.4, 0.5) is 26.2 Å². The van der Waals surface area contributed by atoms with Crippen molar-refractivity contribution in [3.8, 4) is 11.5 Å². The molecule has 0 bridgehead atoms. The highest BCUT2D eigenvalue weighted by Gasteiger charge is 2.43. The molecule has 0 radical (unpaired) electrons. The number of thiophene rings is 1. The van der Waals surface area contributed by atoms with Gasteiger partial charge in [0.15, 0.2) is 0 Å². The average molecular weight is 532 g/mol. The van der Waals surface area contributed by atoms with Crippen LogP contribution < -0.4 is 20.3 Å². The number of ether oxygens (including phenoxy) is 1. The molecule has 8 nitrogen and oxygen atoms in total. The first kappa shape index (κ1) is 24.3. The van der Waals surface area contributed by atoms with Crippen LogP contribution in [-0.4, -0.2) is 54.2 Å². The third-order valence-electron chi connectivity index (χ3n) is 6.96. The minimum atomic E-state index is -1.10. The Hall–Kier alpha value is -4.02. The van der Waals surface area contributed by atoms with Gasteiger partial charge in [0.05, 0.1) is 28.5 Å². The smallest absolute Gasteiger partial charge is 0.333 e. The number of nitrogens with zero attached hydrogens (tertiary/aromatic N) is 4. The zero-order valence-corrected chi connectivity index (χ0v) is 21.7. The van der Waals surface area contributed by atoms with Crippen LogP contribution in [0.25, 0.3) is 10.2 Å². The van der Waals surface area contributed by atoms with Crippen molar-refractivity contribution < 1.29 is 18.7 Å². The first-order valence-corrected chi connectivity index (χ1v) is 13.1. The summed E-state index contributed by atoms with van der Waals surface area (Å²) in [6.07, 6.45) is 0.683. The van der Waals surface area contributed by atoms with Gasteiger partial charge in [-0.3, -0.25) is 14.6 Å². The Balaban J connectivity index is 1.49. The number of pyridine rings is 1. The minimum Gasteiger partial charge on any atom is -0.457 e. The minimum absolute atomic E-state index is 0.165. The first-order valence-electron chi connectivity index (χ1n) is 12.3. The van der Waals surface area contributed by atoms with Crippen LogP contribution in [0.3, 0.4) is 0 Å². The lowest BCUT2D eigenvalue weighted by molar-refractivity contribution is 0.100. The monoisotopic (exact) mass is 531 g/mol. The first-order chi connectivity index (χ1) is 18.3. The predicted molar refractivity (Wildman–Crippen MR) is 147 cm³/mol. The number of rotatable bonds is 5. The molecule has 1 fully saturated rings. The standard InChI is InChI=1S/C28H26FN5O3S/c1-16-12-20(37-19-6-4-3-5-7-19)8-9-21(16)34-22-10-11-31-27-23(22)24(25(38-27)26(30)35)33(28(34)36)18-13-17(29)14-32(2)15-18/h3-12,17-18H,13-15H2,1-2H3,(H2,30,35)/t17-,18+/m0/s1. The topological polar surface area (TPSA) is 92.0 Å². The maximum absolute atomic E-state index is 14.7. The molecular formula is C28H26FN5O3S. The van der Waals surface area contributed by atoms with Gasteiger partial charge in [-0.05, 0) is 55.9 Å². The number of anilines is 3. The van der Waals surface area contributed by atoms with Crippen molar-refractivity contribution in [2.45, 2.75) is 25.6 Å². The summed E-state index contributed by atoms with van der Waals surface area (Å²) in [4.78, 5) is 37.2. The van der Waals surface area contributed by atoms with Gasteiger partial charge >= 0.3 is 6.03 Å². The third kappa shape index (κ3) is 4.06. The van der Waals surface area contributed by atoms with Crippen molar-refractivity contribution in [3.63, 3.8) is 0 Å². The highest BCUT2D eigenvalue weighted by atomic mass is 32.1. The van der Waals surface area contributed by atoms with E-state index in [1.54, 1.807) is 22.1 Å². The molecule has 194 valence electrons. The summed E-state index contributed by atoms with van der Waals surface area (Å²) in [6.45, 7) is 2.67. The molecule has 0 aliphatic carbocycles. The number of likely N-dealkylation sites (N-methyl/N-ethyl adjacent to an activating group) is 1.